The van der Waals surface area contributed by atoms with Crippen molar-refractivity contribution in [3.63, 3.8) is 0 Å². The van der Waals surface area contributed by atoms with E-state index in [0.29, 0.717) is 23.1 Å². The lowest BCUT2D eigenvalue weighted by molar-refractivity contribution is 0.0553. The molecule has 1 fully saturated rings. The van der Waals surface area contributed by atoms with E-state index in [1.54, 1.807) is 36.4 Å². The molecule has 2 unspecified atom stereocenters. The van der Waals surface area contributed by atoms with Crippen LogP contribution in [-0.2, 0) is 0 Å². The Morgan fingerprint density at radius 1 is 0.926 bits per heavy atom. The van der Waals surface area contributed by atoms with E-state index in [-0.39, 0.29) is 6.10 Å². The van der Waals surface area contributed by atoms with E-state index in [1.807, 2.05) is 18.2 Å². The van der Waals surface area contributed by atoms with Gasteiger partial charge >= 0.3 is 6.03 Å². The maximum Gasteiger partial charge on any atom is 0.326 e. The number of carbonyl (C=O) groups is 2. The summed E-state index contributed by atoms with van der Waals surface area (Å²) in [4.78, 5) is 24.0. The standard InChI is InChI=1S/C22H26N2O3/c1-15-7-6-8-16(2)20(15)27-19-13-11-18(12-14-19)23-22(26)24-21(25)17-9-4-3-5-10-17/h3-5,9-16,20H,6-8H2,1-2H3,(H2,23,24,25,26). The molecular formula is C22H26N2O3. The zero-order valence-corrected chi connectivity index (χ0v) is 15.8. The molecule has 0 saturated heterocycles. The van der Waals surface area contributed by atoms with Gasteiger partial charge in [0.1, 0.15) is 11.9 Å². The maximum atomic E-state index is 12.0. The van der Waals surface area contributed by atoms with Crippen molar-refractivity contribution in [2.24, 2.45) is 11.8 Å². The van der Waals surface area contributed by atoms with Gasteiger partial charge in [-0.15, -0.1) is 0 Å². The van der Waals surface area contributed by atoms with Crippen molar-refractivity contribution < 1.29 is 14.3 Å². The fraction of sp³-hybridized carbons (Fsp3) is 0.364. The number of anilines is 1. The third-order valence-corrected chi connectivity index (χ3v) is 5.09. The van der Waals surface area contributed by atoms with Crippen molar-refractivity contribution in [2.45, 2.75) is 39.2 Å². The van der Waals surface area contributed by atoms with Crippen LogP contribution in [-0.4, -0.2) is 18.0 Å². The number of amides is 3. The highest BCUT2D eigenvalue weighted by molar-refractivity contribution is 6.07. The molecule has 0 bridgehead atoms. The fourth-order valence-corrected chi connectivity index (χ4v) is 3.58. The summed E-state index contributed by atoms with van der Waals surface area (Å²) in [5, 5.41) is 4.98. The summed E-state index contributed by atoms with van der Waals surface area (Å²) in [6, 6.07) is 15.3. The minimum absolute atomic E-state index is 0.226. The fourth-order valence-electron chi connectivity index (χ4n) is 3.58. The summed E-state index contributed by atoms with van der Waals surface area (Å²) in [7, 11) is 0. The average molecular weight is 366 g/mol. The number of imide groups is 1. The highest BCUT2D eigenvalue weighted by atomic mass is 16.5. The molecule has 142 valence electrons. The number of ether oxygens (including phenoxy) is 1. The molecule has 5 heteroatoms. The summed E-state index contributed by atoms with van der Waals surface area (Å²) >= 11 is 0. The Morgan fingerprint density at radius 2 is 1.56 bits per heavy atom. The lowest BCUT2D eigenvalue weighted by Crippen LogP contribution is -2.35. The Balaban J connectivity index is 1.54. The predicted octanol–water partition coefficient (Wildman–Crippen LogP) is 4.85. The van der Waals surface area contributed by atoms with Crippen molar-refractivity contribution in [1.82, 2.24) is 5.32 Å². The molecule has 0 aromatic heterocycles. The Labute approximate surface area is 160 Å². The van der Waals surface area contributed by atoms with Crippen molar-refractivity contribution in [1.29, 1.82) is 0 Å². The molecule has 0 radical (unpaired) electrons. The molecule has 1 aliphatic rings. The first-order valence-electron chi connectivity index (χ1n) is 9.47. The van der Waals surface area contributed by atoms with Gasteiger partial charge in [0.2, 0.25) is 0 Å². The summed E-state index contributed by atoms with van der Waals surface area (Å²) in [6.07, 6.45) is 3.89. The van der Waals surface area contributed by atoms with Crippen molar-refractivity contribution in [3.8, 4) is 5.75 Å². The second kappa shape index (κ2) is 8.71. The molecule has 3 rings (SSSR count). The molecule has 0 spiro atoms. The van der Waals surface area contributed by atoms with Gasteiger partial charge in [0.05, 0.1) is 0 Å². The van der Waals surface area contributed by atoms with Crippen LogP contribution < -0.4 is 15.4 Å². The van der Waals surface area contributed by atoms with Crippen LogP contribution >= 0.6 is 0 Å². The third-order valence-electron chi connectivity index (χ3n) is 5.09. The van der Waals surface area contributed by atoms with Crippen LogP contribution in [0.4, 0.5) is 10.5 Å². The number of hydrogen-bond donors (Lipinski definition) is 2. The molecule has 5 nitrogen and oxygen atoms in total. The topological polar surface area (TPSA) is 67.4 Å². The quantitative estimate of drug-likeness (QED) is 0.813. The Kier molecular flexibility index (Phi) is 6.12. The van der Waals surface area contributed by atoms with Gasteiger partial charge in [-0.3, -0.25) is 10.1 Å². The van der Waals surface area contributed by atoms with Gasteiger partial charge < -0.3 is 10.1 Å². The van der Waals surface area contributed by atoms with E-state index >= 15 is 0 Å². The second-order valence-electron chi connectivity index (χ2n) is 7.27. The minimum atomic E-state index is -0.563. The maximum absolute atomic E-state index is 12.0. The number of rotatable bonds is 4. The Bertz CT molecular complexity index is 764. The van der Waals surface area contributed by atoms with Gasteiger partial charge in [0, 0.05) is 11.3 Å². The Hall–Kier alpha value is -2.82. The van der Waals surface area contributed by atoms with Crippen molar-refractivity contribution >= 4 is 17.6 Å². The molecule has 2 aromatic carbocycles. The van der Waals surface area contributed by atoms with Crippen LogP contribution in [0.3, 0.4) is 0 Å². The van der Waals surface area contributed by atoms with Gasteiger partial charge in [-0.2, -0.15) is 0 Å². The molecule has 2 atom stereocenters. The van der Waals surface area contributed by atoms with Gasteiger partial charge in [0.25, 0.3) is 5.91 Å². The van der Waals surface area contributed by atoms with Crippen LogP contribution in [0.5, 0.6) is 5.75 Å². The molecule has 1 aliphatic carbocycles. The summed E-state index contributed by atoms with van der Waals surface area (Å²) < 4.78 is 6.18. The van der Waals surface area contributed by atoms with Gasteiger partial charge in [0.15, 0.2) is 0 Å². The third kappa shape index (κ3) is 5.09. The van der Waals surface area contributed by atoms with Gasteiger partial charge in [-0.05, 0) is 61.1 Å². The lowest BCUT2D eigenvalue weighted by Gasteiger charge is -2.34. The zero-order valence-electron chi connectivity index (χ0n) is 15.8. The predicted molar refractivity (Wildman–Crippen MR) is 106 cm³/mol. The van der Waals surface area contributed by atoms with Crippen LogP contribution in [0, 0.1) is 11.8 Å². The van der Waals surface area contributed by atoms with E-state index < -0.39 is 11.9 Å². The van der Waals surface area contributed by atoms with E-state index in [1.165, 1.54) is 19.3 Å². The van der Waals surface area contributed by atoms with Crippen molar-refractivity contribution in [2.75, 3.05) is 5.32 Å². The van der Waals surface area contributed by atoms with Gasteiger partial charge in [-0.1, -0.05) is 38.5 Å². The highest BCUT2D eigenvalue weighted by Gasteiger charge is 2.29. The summed E-state index contributed by atoms with van der Waals surface area (Å²) in [6.45, 7) is 4.48. The molecule has 0 heterocycles. The van der Waals surface area contributed by atoms with E-state index in [2.05, 4.69) is 24.5 Å². The van der Waals surface area contributed by atoms with Crippen molar-refractivity contribution in [3.05, 3.63) is 60.2 Å². The van der Waals surface area contributed by atoms with Crippen LogP contribution in [0.2, 0.25) is 0 Å². The zero-order chi connectivity index (χ0) is 19.2. The number of hydrogen-bond acceptors (Lipinski definition) is 3. The first-order valence-corrected chi connectivity index (χ1v) is 9.47. The molecule has 0 aliphatic heterocycles. The lowest BCUT2D eigenvalue weighted by atomic mass is 9.80. The average Bonchev–Trinajstić information content (AvgIpc) is 2.67. The molecule has 2 aromatic rings. The first-order chi connectivity index (χ1) is 13.0. The summed E-state index contributed by atoms with van der Waals surface area (Å²) in [5.74, 6) is 1.45. The van der Waals surface area contributed by atoms with E-state index in [9.17, 15) is 9.59 Å². The molecule has 27 heavy (non-hydrogen) atoms. The van der Waals surface area contributed by atoms with Crippen LogP contribution in [0.1, 0.15) is 43.5 Å². The first kappa shape index (κ1) is 19.0. The molecule has 3 amide bonds. The number of benzene rings is 2. The SMILES string of the molecule is CC1CCCC(C)C1Oc1ccc(NC(=O)NC(=O)c2ccccc2)cc1. The van der Waals surface area contributed by atoms with Crippen LogP contribution in [0.25, 0.3) is 0 Å². The Morgan fingerprint density at radius 3 is 2.19 bits per heavy atom. The van der Waals surface area contributed by atoms with E-state index in [0.717, 1.165) is 5.75 Å². The monoisotopic (exact) mass is 366 g/mol. The smallest absolute Gasteiger partial charge is 0.326 e. The highest BCUT2D eigenvalue weighted by Crippen LogP contribution is 2.32. The number of urea groups is 1. The molecule has 1 saturated carbocycles. The second-order valence-corrected chi connectivity index (χ2v) is 7.27. The largest absolute Gasteiger partial charge is 0.490 e. The number of carbonyl (C=O) groups excluding carboxylic acids is 2. The molecule has 2 N–H and O–H groups in total. The molecular weight excluding hydrogens is 340 g/mol. The number of nitrogens with one attached hydrogen (secondary N) is 2. The van der Waals surface area contributed by atoms with E-state index in [4.69, 9.17) is 4.74 Å². The van der Waals surface area contributed by atoms with Crippen LogP contribution in [0.15, 0.2) is 54.6 Å². The normalized spacial score (nSPS) is 21.9. The summed E-state index contributed by atoms with van der Waals surface area (Å²) in [5.41, 5.74) is 1.04. The van der Waals surface area contributed by atoms with Gasteiger partial charge in [-0.25, -0.2) is 4.79 Å². The minimum Gasteiger partial charge on any atom is -0.490 e.